The SMILES string of the molecule is CC(C)(C)c1ccc(N2c3cc4c(oc5ccccc54)c4c3B(c3c2sc2ccccc32)N2c3ccccc3C3(c5ccccc5-c5ccccc53)c3cccc-4c32)c(-c2ccccc2)c1. The van der Waals surface area contributed by atoms with E-state index in [0.717, 1.165) is 21.9 Å². The van der Waals surface area contributed by atoms with Gasteiger partial charge in [0.2, 0.25) is 0 Å². The lowest BCUT2D eigenvalue weighted by molar-refractivity contribution is 0.590. The van der Waals surface area contributed by atoms with E-state index >= 15 is 0 Å². The van der Waals surface area contributed by atoms with Gasteiger partial charge in [-0.3, -0.25) is 0 Å². The second-order valence-corrected chi connectivity index (χ2v) is 20.5. The number of thiophene rings is 1. The Hall–Kier alpha value is -7.60. The van der Waals surface area contributed by atoms with Crippen LogP contribution >= 0.6 is 11.3 Å². The van der Waals surface area contributed by atoms with Gasteiger partial charge in [0.05, 0.1) is 16.1 Å². The number of nitrogens with zero attached hydrogens (tertiary/aromatic N) is 2. The number of rotatable bonds is 2. The van der Waals surface area contributed by atoms with E-state index in [0.29, 0.717) is 0 Å². The Morgan fingerprint density at radius 1 is 0.500 bits per heavy atom. The van der Waals surface area contributed by atoms with E-state index in [9.17, 15) is 0 Å². The Bertz CT molecular complexity index is 3860. The van der Waals surface area contributed by atoms with Crippen LogP contribution in [0.15, 0.2) is 199 Å². The lowest BCUT2D eigenvalue weighted by Crippen LogP contribution is -2.62. The predicted molar refractivity (Wildman–Crippen MR) is 278 cm³/mol. The summed E-state index contributed by atoms with van der Waals surface area (Å²) in [4.78, 5) is 5.37. The van der Waals surface area contributed by atoms with Crippen LogP contribution < -0.4 is 20.6 Å². The summed E-state index contributed by atoms with van der Waals surface area (Å²) in [6, 6.07) is 73.0. The highest BCUT2D eigenvalue weighted by Crippen LogP contribution is 2.65. The van der Waals surface area contributed by atoms with E-state index in [1.807, 2.05) is 11.3 Å². The van der Waals surface area contributed by atoms with Gasteiger partial charge in [0, 0.05) is 49.2 Å². The van der Waals surface area contributed by atoms with Crippen LogP contribution in [0, 0.1) is 0 Å². The van der Waals surface area contributed by atoms with Gasteiger partial charge in [-0.15, -0.1) is 11.3 Å². The molecule has 0 saturated heterocycles. The molecule has 1 aliphatic carbocycles. The lowest BCUT2D eigenvalue weighted by atomic mass is 9.42. The topological polar surface area (TPSA) is 19.6 Å². The number of hydrogen-bond acceptors (Lipinski definition) is 4. The van der Waals surface area contributed by atoms with Crippen molar-refractivity contribution < 1.29 is 4.42 Å². The van der Waals surface area contributed by atoms with E-state index in [1.165, 1.54) is 110 Å². The van der Waals surface area contributed by atoms with Gasteiger partial charge in [0.15, 0.2) is 0 Å². The lowest BCUT2D eigenvalue weighted by Gasteiger charge is -2.52. The molecule has 0 radical (unpaired) electrons. The summed E-state index contributed by atoms with van der Waals surface area (Å²) in [7, 11) is 0. The Balaban J connectivity index is 1.14. The van der Waals surface area contributed by atoms with Crippen molar-refractivity contribution in [2.45, 2.75) is 31.6 Å². The molecule has 5 heteroatoms. The largest absolute Gasteiger partial charge is 0.455 e. The third kappa shape index (κ3) is 4.49. The number of para-hydroxylation sites is 3. The Kier molecular flexibility index (Phi) is 7.13. The molecule has 0 amide bonds. The zero-order valence-electron chi connectivity index (χ0n) is 36.8. The van der Waals surface area contributed by atoms with Crippen molar-refractivity contribution in [3.63, 3.8) is 0 Å². The van der Waals surface area contributed by atoms with E-state index in [4.69, 9.17) is 4.42 Å². The van der Waals surface area contributed by atoms with Gasteiger partial charge in [-0.05, 0) is 103 Å². The normalized spacial score (nSPS) is 14.6. The van der Waals surface area contributed by atoms with Crippen molar-refractivity contribution in [2.24, 2.45) is 0 Å². The minimum Gasteiger partial charge on any atom is -0.455 e. The summed E-state index contributed by atoms with van der Waals surface area (Å²) < 4.78 is 8.50. The molecule has 310 valence electrons. The average Bonchev–Trinajstić information content (AvgIpc) is 4.02. The Morgan fingerprint density at radius 3 is 1.94 bits per heavy atom. The van der Waals surface area contributed by atoms with Gasteiger partial charge in [0.25, 0.3) is 0 Å². The average molecular weight is 861 g/mol. The molecular formula is C61H41BN2OS. The fourth-order valence-corrected chi connectivity index (χ4v) is 13.8. The predicted octanol–water partition coefficient (Wildman–Crippen LogP) is 15.1. The first-order valence-electron chi connectivity index (χ1n) is 23.1. The first-order valence-corrected chi connectivity index (χ1v) is 23.9. The maximum atomic E-state index is 7.22. The summed E-state index contributed by atoms with van der Waals surface area (Å²) >= 11 is 1.91. The van der Waals surface area contributed by atoms with E-state index in [1.54, 1.807) is 0 Å². The third-order valence-electron chi connectivity index (χ3n) is 15.2. The van der Waals surface area contributed by atoms with Crippen molar-refractivity contribution in [3.05, 3.63) is 222 Å². The maximum Gasteiger partial charge on any atom is 0.334 e. The standard InChI is InChI=1S/C61H41BN2OS/c1-60(2,3)37-32-33-49(43(34-37)36-18-5-4-6-19-36)63-51-35-44-40-22-9-15-30-52(40)65-58(44)54-42-24-17-28-48-57(42)64(62(56(51)54)55-41-23-10-16-31-53(41)66-59(55)63)50-29-14-13-27-47(50)61(48)45-25-11-7-20-38(45)39-21-8-12-26-46(39)61/h4-35H,1-3H3. The molecule has 0 saturated carbocycles. The van der Waals surface area contributed by atoms with E-state index < -0.39 is 5.41 Å². The highest BCUT2D eigenvalue weighted by Gasteiger charge is 2.57. The fourth-order valence-electron chi connectivity index (χ4n) is 12.5. The van der Waals surface area contributed by atoms with E-state index in [2.05, 4.69) is 225 Å². The van der Waals surface area contributed by atoms with Crippen LogP contribution in [0.4, 0.5) is 27.8 Å². The van der Waals surface area contributed by atoms with Crippen molar-refractivity contribution in [3.8, 4) is 33.4 Å². The molecule has 15 rings (SSSR count). The van der Waals surface area contributed by atoms with Gasteiger partial charge in [-0.25, -0.2) is 0 Å². The molecule has 0 N–H and O–H groups in total. The molecule has 3 aliphatic heterocycles. The van der Waals surface area contributed by atoms with Crippen LogP contribution in [0.5, 0.6) is 0 Å². The van der Waals surface area contributed by atoms with Gasteiger partial charge in [-0.2, -0.15) is 0 Å². The van der Waals surface area contributed by atoms with Crippen LogP contribution in [0.1, 0.15) is 48.6 Å². The minimum atomic E-state index is -0.534. The molecule has 0 fully saturated rings. The number of benzene rings is 9. The van der Waals surface area contributed by atoms with Crippen molar-refractivity contribution in [1.82, 2.24) is 0 Å². The second-order valence-electron chi connectivity index (χ2n) is 19.5. The fraction of sp³-hybridized carbons (Fsp3) is 0.0820. The summed E-state index contributed by atoms with van der Waals surface area (Å²) in [5.41, 5.74) is 22.8. The molecule has 4 aliphatic rings. The molecule has 9 aromatic carbocycles. The molecule has 66 heavy (non-hydrogen) atoms. The quantitative estimate of drug-likeness (QED) is 0.161. The Labute approximate surface area is 387 Å². The zero-order valence-corrected chi connectivity index (χ0v) is 37.6. The van der Waals surface area contributed by atoms with E-state index in [-0.39, 0.29) is 12.3 Å². The summed E-state index contributed by atoms with van der Waals surface area (Å²) in [6.07, 6.45) is 0. The van der Waals surface area contributed by atoms with Crippen LogP contribution in [-0.4, -0.2) is 6.85 Å². The molecular weight excluding hydrogens is 820 g/mol. The molecule has 0 unspecified atom stereocenters. The molecule has 5 heterocycles. The minimum absolute atomic E-state index is 0.0353. The van der Waals surface area contributed by atoms with Crippen LogP contribution in [0.2, 0.25) is 0 Å². The van der Waals surface area contributed by atoms with Gasteiger partial charge in [-0.1, -0.05) is 178 Å². The number of anilines is 5. The zero-order chi connectivity index (χ0) is 43.6. The molecule has 11 aromatic rings. The highest BCUT2D eigenvalue weighted by atomic mass is 32.1. The number of hydrogen-bond donors (Lipinski definition) is 0. The van der Waals surface area contributed by atoms with Crippen LogP contribution in [0.3, 0.4) is 0 Å². The Morgan fingerprint density at radius 2 is 1.15 bits per heavy atom. The molecule has 0 atom stereocenters. The first kappa shape index (κ1) is 36.7. The molecule has 3 nitrogen and oxygen atoms in total. The van der Waals surface area contributed by atoms with Gasteiger partial charge in [0.1, 0.15) is 11.2 Å². The van der Waals surface area contributed by atoms with Gasteiger partial charge >= 0.3 is 6.85 Å². The smallest absolute Gasteiger partial charge is 0.334 e. The second kappa shape index (κ2) is 12.8. The summed E-state index contributed by atoms with van der Waals surface area (Å²) in [6.45, 7) is 6.78. The van der Waals surface area contributed by atoms with Crippen LogP contribution in [0.25, 0.3) is 65.4 Å². The van der Waals surface area contributed by atoms with Crippen molar-refractivity contribution >= 4 is 88.9 Å². The van der Waals surface area contributed by atoms with Gasteiger partial charge < -0.3 is 14.1 Å². The van der Waals surface area contributed by atoms with Crippen molar-refractivity contribution in [2.75, 3.05) is 9.71 Å². The monoisotopic (exact) mass is 860 g/mol. The summed E-state index contributed by atoms with van der Waals surface area (Å²) in [5.74, 6) is 0. The third-order valence-corrected chi connectivity index (χ3v) is 16.4. The number of fused-ring (bicyclic) bond motifs is 19. The first-order chi connectivity index (χ1) is 32.4. The number of furan rings is 1. The summed E-state index contributed by atoms with van der Waals surface area (Å²) in [5, 5.41) is 4.80. The highest BCUT2D eigenvalue weighted by molar-refractivity contribution is 7.26. The molecule has 1 spiro atoms. The molecule has 0 bridgehead atoms. The van der Waals surface area contributed by atoms with Crippen LogP contribution in [-0.2, 0) is 10.8 Å². The maximum absolute atomic E-state index is 7.22. The van der Waals surface area contributed by atoms with Crippen molar-refractivity contribution in [1.29, 1.82) is 0 Å². The molecule has 2 aromatic heterocycles.